The van der Waals surface area contributed by atoms with E-state index in [2.05, 4.69) is 229 Å². The molecule has 0 atom stereocenters. The summed E-state index contributed by atoms with van der Waals surface area (Å²) in [6.45, 7) is 0. The Hall–Kier alpha value is -7.26. The minimum atomic E-state index is 1.11. The zero-order chi connectivity index (χ0) is 38.4. The van der Waals surface area contributed by atoms with E-state index < -0.39 is 0 Å². The molecule has 0 aliphatic rings. The SMILES string of the molecule is c1ccc(-c2ccc(-c3ccc(N(c4ccc(-c5ccccc5)cc4)c4ccc(-c5ccc6ccccc6c5)c5sc6c7ccccc7ccc6c45)cc3)cc2)cc1. The van der Waals surface area contributed by atoms with Crippen molar-refractivity contribution in [3.05, 3.63) is 224 Å². The quantitative estimate of drug-likeness (QED) is 0.157. The van der Waals surface area contributed by atoms with Crippen molar-refractivity contribution >= 4 is 70.1 Å². The summed E-state index contributed by atoms with van der Waals surface area (Å²) in [5.41, 5.74) is 13.1. The van der Waals surface area contributed by atoms with Crippen LogP contribution < -0.4 is 4.90 Å². The summed E-state index contributed by atoms with van der Waals surface area (Å²) in [6, 6.07) is 81.8. The summed E-state index contributed by atoms with van der Waals surface area (Å²) in [6.07, 6.45) is 0. The average Bonchev–Trinajstić information content (AvgIpc) is 3.71. The molecular formula is C56H37NS. The smallest absolute Gasteiger partial charge is 0.0555 e. The molecule has 0 fully saturated rings. The van der Waals surface area contributed by atoms with Gasteiger partial charge in [-0.3, -0.25) is 0 Å². The number of thiophene rings is 1. The summed E-state index contributed by atoms with van der Waals surface area (Å²) in [5, 5.41) is 7.59. The summed E-state index contributed by atoms with van der Waals surface area (Å²) >= 11 is 1.91. The van der Waals surface area contributed by atoms with Gasteiger partial charge < -0.3 is 4.90 Å². The maximum absolute atomic E-state index is 2.45. The van der Waals surface area contributed by atoms with Gasteiger partial charge in [-0.25, -0.2) is 0 Å². The number of nitrogens with zero attached hydrogens (tertiary/aromatic N) is 1. The molecule has 0 N–H and O–H groups in total. The molecule has 0 aliphatic carbocycles. The topological polar surface area (TPSA) is 3.24 Å². The van der Waals surface area contributed by atoms with E-state index in [4.69, 9.17) is 0 Å². The molecule has 0 amide bonds. The van der Waals surface area contributed by atoms with Gasteiger partial charge in [-0.1, -0.05) is 188 Å². The first-order valence-electron chi connectivity index (χ1n) is 19.8. The zero-order valence-electron chi connectivity index (χ0n) is 31.7. The number of hydrogen-bond donors (Lipinski definition) is 0. The third-order valence-electron chi connectivity index (χ3n) is 11.5. The van der Waals surface area contributed by atoms with Crippen molar-refractivity contribution in [2.45, 2.75) is 0 Å². The second-order valence-electron chi connectivity index (χ2n) is 14.9. The van der Waals surface area contributed by atoms with Crippen molar-refractivity contribution in [1.82, 2.24) is 0 Å². The Balaban J connectivity index is 1.10. The lowest BCUT2D eigenvalue weighted by molar-refractivity contribution is 1.30. The molecular weight excluding hydrogens is 719 g/mol. The van der Waals surface area contributed by atoms with Crippen molar-refractivity contribution in [1.29, 1.82) is 0 Å². The highest BCUT2D eigenvalue weighted by Crippen LogP contribution is 2.50. The van der Waals surface area contributed by atoms with Crippen LogP contribution in [0.4, 0.5) is 17.1 Å². The predicted molar refractivity (Wildman–Crippen MR) is 251 cm³/mol. The summed E-state index contributed by atoms with van der Waals surface area (Å²) in [7, 11) is 0. The van der Waals surface area contributed by atoms with Crippen LogP contribution in [0.5, 0.6) is 0 Å². The number of anilines is 3. The Kier molecular flexibility index (Phi) is 8.42. The Morgan fingerprint density at radius 3 is 1.36 bits per heavy atom. The standard InChI is InChI=1S/C56H37NS/c1-3-11-38(12-4-1)41-19-21-42(22-20-41)44-27-32-49(33-28-44)57(48-30-25-43(26-31-48)39-13-5-2-6-14-39)53-36-35-51(47-24-23-40-15-7-8-17-46(40)37-47)56-54(53)52-34-29-45-16-9-10-18-50(45)55(52)58-56/h1-37H. The van der Waals surface area contributed by atoms with Crippen molar-refractivity contribution in [3.8, 4) is 44.5 Å². The Morgan fingerprint density at radius 2 is 0.759 bits per heavy atom. The maximum Gasteiger partial charge on any atom is 0.0555 e. The van der Waals surface area contributed by atoms with Crippen LogP contribution in [0.2, 0.25) is 0 Å². The van der Waals surface area contributed by atoms with Gasteiger partial charge in [0, 0.05) is 31.5 Å². The van der Waals surface area contributed by atoms with Crippen LogP contribution in [0.15, 0.2) is 224 Å². The van der Waals surface area contributed by atoms with Crippen molar-refractivity contribution < 1.29 is 0 Å². The second-order valence-corrected chi connectivity index (χ2v) is 15.9. The fourth-order valence-electron chi connectivity index (χ4n) is 8.51. The molecule has 0 aliphatic heterocycles. The Labute approximate surface area is 342 Å². The molecule has 0 saturated carbocycles. The molecule has 1 nitrogen and oxygen atoms in total. The van der Waals surface area contributed by atoms with E-state index in [1.807, 2.05) is 11.3 Å². The molecule has 0 bridgehead atoms. The highest BCUT2D eigenvalue weighted by molar-refractivity contribution is 7.27. The van der Waals surface area contributed by atoms with E-state index in [1.54, 1.807) is 0 Å². The fraction of sp³-hybridized carbons (Fsp3) is 0. The van der Waals surface area contributed by atoms with E-state index in [0.717, 1.165) is 17.1 Å². The minimum absolute atomic E-state index is 1.11. The van der Waals surface area contributed by atoms with Gasteiger partial charge in [0.25, 0.3) is 0 Å². The molecule has 10 aromatic carbocycles. The second kappa shape index (κ2) is 14.4. The van der Waals surface area contributed by atoms with Gasteiger partial charge in [-0.05, 0) is 102 Å². The van der Waals surface area contributed by atoms with E-state index in [0.29, 0.717) is 0 Å². The van der Waals surface area contributed by atoms with Crippen LogP contribution in [0.1, 0.15) is 0 Å². The number of rotatable bonds is 7. The molecule has 272 valence electrons. The lowest BCUT2D eigenvalue weighted by Gasteiger charge is -2.27. The lowest BCUT2D eigenvalue weighted by atomic mass is 9.97. The first-order valence-corrected chi connectivity index (χ1v) is 20.6. The molecule has 11 aromatic rings. The lowest BCUT2D eigenvalue weighted by Crippen LogP contribution is -2.10. The number of fused-ring (bicyclic) bond motifs is 6. The number of benzene rings is 10. The van der Waals surface area contributed by atoms with E-state index >= 15 is 0 Å². The number of hydrogen-bond acceptors (Lipinski definition) is 2. The van der Waals surface area contributed by atoms with Crippen LogP contribution in [0.25, 0.3) is 86.2 Å². The van der Waals surface area contributed by atoms with E-state index in [9.17, 15) is 0 Å². The predicted octanol–water partition coefficient (Wildman–Crippen LogP) is 16.5. The van der Waals surface area contributed by atoms with Crippen LogP contribution in [-0.2, 0) is 0 Å². The monoisotopic (exact) mass is 755 g/mol. The van der Waals surface area contributed by atoms with Crippen LogP contribution >= 0.6 is 11.3 Å². The molecule has 0 radical (unpaired) electrons. The minimum Gasteiger partial charge on any atom is -0.310 e. The van der Waals surface area contributed by atoms with Gasteiger partial charge in [0.15, 0.2) is 0 Å². The highest BCUT2D eigenvalue weighted by Gasteiger charge is 2.22. The fourth-order valence-corrected chi connectivity index (χ4v) is 9.90. The zero-order valence-corrected chi connectivity index (χ0v) is 32.5. The molecule has 1 heterocycles. The van der Waals surface area contributed by atoms with Gasteiger partial charge in [0.1, 0.15) is 0 Å². The Morgan fingerprint density at radius 1 is 0.293 bits per heavy atom. The third-order valence-corrected chi connectivity index (χ3v) is 12.7. The van der Waals surface area contributed by atoms with Gasteiger partial charge in [0.05, 0.1) is 5.69 Å². The van der Waals surface area contributed by atoms with Gasteiger partial charge in [-0.2, -0.15) is 0 Å². The normalized spacial score (nSPS) is 11.4. The van der Waals surface area contributed by atoms with Gasteiger partial charge in [0.2, 0.25) is 0 Å². The van der Waals surface area contributed by atoms with Crippen molar-refractivity contribution in [2.24, 2.45) is 0 Å². The van der Waals surface area contributed by atoms with Crippen LogP contribution in [-0.4, -0.2) is 0 Å². The Bertz CT molecular complexity index is 3240. The maximum atomic E-state index is 2.45. The summed E-state index contributed by atoms with van der Waals surface area (Å²) < 4.78 is 2.61. The molecule has 1 aromatic heterocycles. The van der Waals surface area contributed by atoms with E-state index in [-0.39, 0.29) is 0 Å². The third kappa shape index (κ3) is 6.03. The molecule has 58 heavy (non-hydrogen) atoms. The molecule has 0 spiro atoms. The first-order chi connectivity index (χ1) is 28.7. The first kappa shape index (κ1) is 34.0. The molecule has 2 heteroatoms. The van der Waals surface area contributed by atoms with Crippen LogP contribution in [0.3, 0.4) is 0 Å². The van der Waals surface area contributed by atoms with Crippen molar-refractivity contribution in [3.63, 3.8) is 0 Å². The summed E-state index contributed by atoms with van der Waals surface area (Å²) in [5.74, 6) is 0. The average molecular weight is 756 g/mol. The summed E-state index contributed by atoms with van der Waals surface area (Å²) in [4.78, 5) is 2.45. The molecule has 11 rings (SSSR count). The van der Waals surface area contributed by atoms with Crippen molar-refractivity contribution in [2.75, 3.05) is 4.90 Å². The molecule has 0 unspecified atom stereocenters. The van der Waals surface area contributed by atoms with Crippen LogP contribution in [0, 0.1) is 0 Å². The molecule has 0 saturated heterocycles. The van der Waals surface area contributed by atoms with Gasteiger partial charge in [-0.15, -0.1) is 11.3 Å². The van der Waals surface area contributed by atoms with Gasteiger partial charge >= 0.3 is 0 Å². The highest BCUT2D eigenvalue weighted by atomic mass is 32.1. The largest absolute Gasteiger partial charge is 0.310 e. The van der Waals surface area contributed by atoms with E-state index in [1.165, 1.54) is 86.2 Å².